The van der Waals surface area contributed by atoms with Crippen molar-refractivity contribution in [3.8, 4) is 0 Å². The lowest BCUT2D eigenvalue weighted by Crippen LogP contribution is -2.18. The van der Waals surface area contributed by atoms with Crippen LogP contribution in [0, 0.1) is 27.7 Å². The Morgan fingerprint density at radius 2 is 1.69 bits per heavy atom. The molecule has 0 aliphatic carbocycles. The lowest BCUT2D eigenvalue weighted by molar-refractivity contribution is 0.0460. The van der Waals surface area contributed by atoms with Crippen LogP contribution in [0.1, 0.15) is 61.0 Å². The highest BCUT2D eigenvalue weighted by atomic mass is 16.5. The third-order valence-corrected chi connectivity index (χ3v) is 4.27. The minimum Gasteiger partial charge on any atom is -0.462 e. The molecule has 0 saturated carbocycles. The Morgan fingerprint density at radius 3 is 2.38 bits per heavy atom. The van der Waals surface area contributed by atoms with Gasteiger partial charge >= 0.3 is 11.9 Å². The van der Waals surface area contributed by atoms with Crippen molar-refractivity contribution in [1.82, 2.24) is 24.6 Å². The molecule has 29 heavy (non-hydrogen) atoms. The summed E-state index contributed by atoms with van der Waals surface area (Å²) in [6, 6.07) is 1.80. The molecule has 3 aromatic rings. The molecule has 0 spiro atoms. The van der Waals surface area contributed by atoms with Crippen molar-refractivity contribution >= 4 is 23.5 Å². The number of nitrogens with one attached hydrogen (secondary N) is 1. The van der Waals surface area contributed by atoms with E-state index < -0.39 is 24.3 Å². The Bertz CT molecular complexity index is 1130. The molecule has 152 valence electrons. The van der Waals surface area contributed by atoms with Crippen LogP contribution in [0.3, 0.4) is 0 Å². The van der Waals surface area contributed by atoms with Crippen LogP contribution < -0.4 is 0 Å². The fraction of sp³-hybridized carbons (Fsp3) is 0.368. The van der Waals surface area contributed by atoms with E-state index >= 15 is 0 Å². The Hall–Kier alpha value is -3.56. The third-order valence-electron chi connectivity index (χ3n) is 4.27. The first kappa shape index (κ1) is 20.2. The van der Waals surface area contributed by atoms with Gasteiger partial charge in [-0.3, -0.25) is 4.79 Å². The number of ether oxygens (including phenoxy) is 2. The molecular weight excluding hydrogens is 378 g/mol. The molecule has 0 amide bonds. The average Bonchev–Trinajstić information content (AvgIpc) is 3.20. The molecule has 3 heterocycles. The molecule has 0 bridgehead atoms. The summed E-state index contributed by atoms with van der Waals surface area (Å²) < 4.78 is 11.5. The summed E-state index contributed by atoms with van der Waals surface area (Å²) in [5.41, 5.74) is 2.79. The van der Waals surface area contributed by atoms with Gasteiger partial charge in [0, 0.05) is 22.8 Å². The summed E-state index contributed by atoms with van der Waals surface area (Å²) >= 11 is 0. The summed E-state index contributed by atoms with van der Waals surface area (Å²) in [7, 11) is 0. The molecule has 1 N–H and O–H groups in total. The van der Waals surface area contributed by atoms with Crippen LogP contribution in [0.15, 0.2) is 6.07 Å². The number of nitrogens with zero attached hydrogens (tertiary/aromatic N) is 4. The molecule has 0 atom stereocenters. The van der Waals surface area contributed by atoms with Gasteiger partial charge in [0.1, 0.15) is 0 Å². The van der Waals surface area contributed by atoms with E-state index in [9.17, 15) is 14.4 Å². The number of esters is 2. The largest absolute Gasteiger partial charge is 0.462 e. The van der Waals surface area contributed by atoms with E-state index in [0.717, 1.165) is 11.4 Å². The van der Waals surface area contributed by atoms with Crippen LogP contribution in [0.25, 0.3) is 5.78 Å². The van der Waals surface area contributed by atoms with E-state index in [1.807, 2.05) is 6.92 Å². The molecule has 3 aromatic heterocycles. The standard InChI is InChI=1S/C19H21N5O5/c1-6-28-17(26)15-12(5)21-11(4)14(15)13(25)8-29-18(27)16-22-19-20-9(2)7-10(3)24(19)23-16/h7,21H,6,8H2,1-5H3. The molecular formula is C19H21N5O5. The quantitative estimate of drug-likeness (QED) is 0.492. The molecule has 0 fully saturated rings. The van der Waals surface area contributed by atoms with E-state index in [4.69, 9.17) is 9.47 Å². The monoisotopic (exact) mass is 399 g/mol. The molecule has 10 nitrogen and oxygen atoms in total. The van der Waals surface area contributed by atoms with Crippen molar-refractivity contribution in [1.29, 1.82) is 0 Å². The van der Waals surface area contributed by atoms with E-state index in [0.29, 0.717) is 11.4 Å². The first-order valence-electron chi connectivity index (χ1n) is 9.00. The number of H-pyrrole nitrogens is 1. The van der Waals surface area contributed by atoms with Gasteiger partial charge in [-0.15, -0.1) is 5.10 Å². The zero-order valence-corrected chi connectivity index (χ0v) is 16.8. The van der Waals surface area contributed by atoms with E-state index in [1.165, 1.54) is 4.52 Å². The van der Waals surface area contributed by atoms with Crippen molar-refractivity contribution in [3.05, 3.63) is 45.8 Å². The number of rotatable bonds is 6. The maximum absolute atomic E-state index is 12.7. The van der Waals surface area contributed by atoms with E-state index in [2.05, 4.69) is 20.1 Å². The van der Waals surface area contributed by atoms with Gasteiger partial charge in [-0.2, -0.15) is 4.98 Å². The van der Waals surface area contributed by atoms with Crippen molar-refractivity contribution in [3.63, 3.8) is 0 Å². The first-order valence-corrected chi connectivity index (χ1v) is 9.00. The molecule has 0 unspecified atom stereocenters. The number of carbonyl (C=O) groups excluding carboxylic acids is 3. The second-order valence-electron chi connectivity index (χ2n) is 6.53. The number of fused-ring (bicyclic) bond motifs is 1. The molecule has 10 heteroatoms. The predicted octanol–water partition coefficient (Wildman–Crippen LogP) is 1.90. The third kappa shape index (κ3) is 3.86. The number of aromatic nitrogens is 5. The number of carbonyl (C=O) groups is 3. The highest BCUT2D eigenvalue weighted by Gasteiger charge is 2.26. The van der Waals surface area contributed by atoms with Crippen LogP contribution in [0.2, 0.25) is 0 Å². The van der Waals surface area contributed by atoms with E-state index in [-0.39, 0.29) is 29.3 Å². The molecule has 0 aromatic carbocycles. The van der Waals surface area contributed by atoms with Crippen molar-refractivity contribution in [2.24, 2.45) is 0 Å². The molecule has 0 saturated heterocycles. The van der Waals surface area contributed by atoms with Crippen molar-refractivity contribution < 1.29 is 23.9 Å². The second kappa shape index (κ2) is 7.82. The minimum atomic E-state index is -0.858. The van der Waals surface area contributed by atoms with Gasteiger partial charge in [-0.1, -0.05) is 0 Å². The highest BCUT2D eigenvalue weighted by Crippen LogP contribution is 2.20. The van der Waals surface area contributed by atoms with Crippen molar-refractivity contribution in [2.75, 3.05) is 13.2 Å². The highest BCUT2D eigenvalue weighted by molar-refractivity contribution is 6.09. The summed E-state index contributed by atoms with van der Waals surface area (Å²) in [5, 5.41) is 4.07. The summed E-state index contributed by atoms with van der Waals surface area (Å²) in [6.07, 6.45) is 0. The second-order valence-corrected chi connectivity index (χ2v) is 6.53. The number of Topliss-reactive ketones (excluding diaryl/α,β-unsaturated/α-hetero) is 1. The topological polar surface area (TPSA) is 129 Å². The van der Waals surface area contributed by atoms with Gasteiger partial charge in [0.2, 0.25) is 5.78 Å². The lowest BCUT2D eigenvalue weighted by atomic mass is 10.1. The number of hydrogen-bond donors (Lipinski definition) is 1. The van der Waals surface area contributed by atoms with Gasteiger partial charge < -0.3 is 14.5 Å². The Balaban J connectivity index is 1.78. The molecule has 0 aliphatic rings. The number of aryl methyl sites for hydroxylation is 4. The maximum Gasteiger partial charge on any atom is 0.378 e. The minimum absolute atomic E-state index is 0.143. The smallest absolute Gasteiger partial charge is 0.378 e. The fourth-order valence-corrected chi connectivity index (χ4v) is 3.11. The Morgan fingerprint density at radius 1 is 1.00 bits per heavy atom. The van der Waals surface area contributed by atoms with Gasteiger partial charge in [0.05, 0.1) is 17.7 Å². The van der Waals surface area contributed by atoms with Crippen LogP contribution >= 0.6 is 0 Å². The number of ketones is 1. The number of aromatic amines is 1. The number of hydrogen-bond acceptors (Lipinski definition) is 8. The predicted molar refractivity (Wildman–Crippen MR) is 101 cm³/mol. The summed E-state index contributed by atoms with van der Waals surface area (Å²) in [5.74, 6) is -1.93. The molecule has 0 aliphatic heterocycles. The van der Waals surface area contributed by atoms with Crippen molar-refractivity contribution in [2.45, 2.75) is 34.6 Å². The molecule has 0 radical (unpaired) electrons. The lowest BCUT2D eigenvalue weighted by Gasteiger charge is -2.06. The SMILES string of the molecule is CCOC(=O)c1c(C)[nH]c(C)c1C(=O)COC(=O)c1nc2nc(C)cc(C)n2n1. The summed E-state index contributed by atoms with van der Waals surface area (Å²) in [4.78, 5) is 48.4. The van der Waals surface area contributed by atoms with Gasteiger partial charge in [-0.05, 0) is 40.7 Å². The zero-order chi connectivity index (χ0) is 21.3. The first-order chi connectivity index (χ1) is 13.7. The van der Waals surface area contributed by atoms with Gasteiger partial charge in [0.25, 0.3) is 11.6 Å². The zero-order valence-electron chi connectivity index (χ0n) is 16.8. The van der Waals surface area contributed by atoms with Crippen LogP contribution in [-0.4, -0.2) is 55.5 Å². The van der Waals surface area contributed by atoms with Gasteiger partial charge in [0.15, 0.2) is 6.61 Å². The van der Waals surface area contributed by atoms with E-state index in [1.54, 1.807) is 33.8 Å². The molecule has 3 rings (SSSR count). The normalized spacial score (nSPS) is 10.9. The summed E-state index contributed by atoms with van der Waals surface area (Å²) in [6.45, 7) is 8.23. The van der Waals surface area contributed by atoms with Crippen LogP contribution in [0.5, 0.6) is 0 Å². The fourth-order valence-electron chi connectivity index (χ4n) is 3.11. The van der Waals surface area contributed by atoms with Crippen LogP contribution in [-0.2, 0) is 9.47 Å². The van der Waals surface area contributed by atoms with Gasteiger partial charge in [-0.25, -0.2) is 19.1 Å². The Kier molecular flexibility index (Phi) is 5.44. The maximum atomic E-state index is 12.7. The Labute approximate surface area is 166 Å². The van der Waals surface area contributed by atoms with Crippen LogP contribution in [0.4, 0.5) is 0 Å². The average molecular weight is 399 g/mol.